The first kappa shape index (κ1) is 23.4. The number of benzene rings is 1. The molecule has 0 bridgehead atoms. The predicted molar refractivity (Wildman–Crippen MR) is 126 cm³/mol. The number of hydrogen-bond donors (Lipinski definition) is 2. The van der Waals surface area contributed by atoms with Crippen molar-refractivity contribution in [2.45, 2.75) is 39.2 Å². The van der Waals surface area contributed by atoms with E-state index in [9.17, 15) is 10.1 Å². The number of thiazole rings is 1. The highest BCUT2D eigenvalue weighted by Gasteiger charge is 2.22. The summed E-state index contributed by atoms with van der Waals surface area (Å²) in [6.07, 6.45) is 4.31. The van der Waals surface area contributed by atoms with E-state index in [0.717, 1.165) is 22.6 Å². The minimum atomic E-state index is -0.476. The fourth-order valence-electron chi connectivity index (χ4n) is 3.50. The lowest BCUT2D eigenvalue weighted by molar-refractivity contribution is -0.115. The third kappa shape index (κ3) is 6.61. The molecule has 1 atom stereocenters. The first-order valence-corrected chi connectivity index (χ1v) is 11.2. The molecule has 8 heteroatoms. The molecule has 3 rings (SSSR count). The van der Waals surface area contributed by atoms with E-state index < -0.39 is 5.54 Å². The van der Waals surface area contributed by atoms with Crippen LogP contribution in [0.2, 0.25) is 0 Å². The van der Waals surface area contributed by atoms with E-state index in [1.54, 1.807) is 30.6 Å². The lowest BCUT2D eigenvalue weighted by Crippen LogP contribution is -2.43. The highest BCUT2D eigenvalue weighted by atomic mass is 32.1. The van der Waals surface area contributed by atoms with Gasteiger partial charge in [-0.05, 0) is 54.7 Å². The van der Waals surface area contributed by atoms with Crippen LogP contribution in [0.4, 0.5) is 5.82 Å². The minimum absolute atomic E-state index is 0.183. The monoisotopic (exact) mass is 449 g/mol. The van der Waals surface area contributed by atoms with Crippen LogP contribution in [0.25, 0.3) is 11.1 Å². The first-order valence-electron chi connectivity index (χ1n) is 10.4. The van der Waals surface area contributed by atoms with Crippen molar-refractivity contribution in [2.24, 2.45) is 11.7 Å². The second kappa shape index (κ2) is 10.4. The second-order valence-corrected chi connectivity index (χ2v) is 9.42. The van der Waals surface area contributed by atoms with E-state index in [1.165, 1.54) is 11.3 Å². The summed E-state index contributed by atoms with van der Waals surface area (Å²) >= 11 is 1.43. The van der Waals surface area contributed by atoms with E-state index in [2.05, 4.69) is 35.2 Å². The number of hydrogen-bond acceptors (Lipinski definition) is 7. The molecule has 0 aliphatic carbocycles. The van der Waals surface area contributed by atoms with Crippen LogP contribution in [-0.4, -0.2) is 28.0 Å². The van der Waals surface area contributed by atoms with Crippen LogP contribution in [-0.2, 0) is 11.2 Å². The van der Waals surface area contributed by atoms with Gasteiger partial charge in [-0.2, -0.15) is 5.26 Å². The zero-order chi connectivity index (χ0) is 23.1. The van der Waals surface area contributed by atoms with Crippen molar-refractivity contribution in [1.82, 2.24) is 9.97 Å². The fourth-order valence-corrected chi connectivity index (χ4v) is 4.12. The molecule has 0 aliphatic heterocycles. The molecule has 0 spiro atoms. The Kier molecular flexibility index (Phi) is 7.57. The topological polar surface area (TPSA) is 114 Å². The maximum absolute atomic E-state index is 12.2. The largest absolute Gasteiger partial charge is 0.490 e. The molecule has 2 heterocycles. The van der Waals surface area contributed by atoms with Gasteiger partial charge in [0.2, 0.25) is 5.91 Å². The number of ether oxygens (including phenoxy) is 1. The predicted octanol–water partition coefficient (Wildman–Crippen LogP) is 4.40. The lowest BCUT2D eigenvalue weighted by Gasteiger charge is -2.26. The number of nitrogens with two attached hydrogens (primary N) is 1. The molecule has 1 amide bonds. The Morgan fingerprint density at radius 1 is 1.25 bits per heavy atom. The van der Waals surface area contributed by atoms with Crippen LogP contribution in [0.15, 0.2) is 48.1 Å². The minimum Gasteiger partial charge on any atom is -0.490 e. The van der Waals surface area contributed by atoms with Gasteiger partial charge in [-0.1, -0.05) is 19.9 Å². The fraction of sp³-hybridized carbons (Fsp3) is 0.333. The Bertz CT molecular complexity index is 1100. The molecule has 7 nitrogen and oxygen atoms in total. The lowest BCUT2D eigenvalue weighted by atomic mass is 9.93. The second-order valence-electron chi connectivity index (χ2n) is 8.44. The number of nitrogens with zero attached hydrogens (tertiary/aromatic N) is 3. The molecule has 32 heavy (non-hydrogen) atoms. The zero-order valence-corrected chi connectivity index (χ0v) is 19.3. The van der Waals surface area contributed by atoms with Crippen molar-refractivity contribution in [3.8, 4) is 22.9 Å². The maximum Gasteiger partial charge on any atom is 0.232 e. The number of pyridine rings is 1. The number of carbonyl (C=O) groups is 1. The van der Waals surface area contributed by atoms with E-state index in [1.807, 2.05) is 24.4 Å². The summed E-state index contributed by atoms with van der Waals surface area (Å²) in [6, 6.07) is 11.2. The van der Waals surface area contributed by atoms with Crippen LogP contribution in [0.5, 0.6) is 5.75 Å². The summed E-state index contributed by atoms with van der Waals surface area (Å²) < 4.78 is 5.89. The highest BCUT2D eigenvalue weighted by Crippen LogP contribution is 2.28. The molecule has 0 fully saturated rings. The average Bonchev–Trinajstić information content (AvgIpc) is 3.24. The van der Waals surface area contributed by atoms with Gasteiger partial charge in [0, 0.05) is 23.3 Å². The summed E-state index contributed by atoms with van der Waals surface area (Å²) in [5.74, 6) is 1.21. The Morgan fingerprint density at radius 3 is 2.72 bits per heavy atom. The van der Waals surface area contributed by atoms with Crippen LogP contribution in [0.3, 0.4) is 0 Å². The van der Waals surface area contributed by atoms with Gasteiger partial charge in [0.25, 0.3) is 0 Å². The molecule has 0 aliphatic rings. The summed E-state index contributed by atoms with van der Waals surface area (Å²) in [6.45, 7) is 6.51. The van der Waals surface area contributed by atoms with E-state index in [4.69, 9.17) is 10.5 Å². The molecule has 3 aromatic rings. The standard InChI is InChI=1S/C24H27N5O2S/c1-16(2)13-24(3,26)15-31-20-5-4-17(10-19(20)14-25)18-6-7-27-21(11-18)29-22(30)12-23-28-8-9-32-23/h4-11,16H,12-13,15,26H2,1-3H3,(H,27,29,30)/t24-/m0/s1. The van der Waals surface area contributed by atoms with Gasteiger partial charge in [-0.15, -0.1) is 11.3 Å². The summed E-state index contributed by atoms with van der Waals surface area (Å²) in [7, 11) is 0. The Labute approximate surface area is 192 Å². The quantitative estimate of drug-likeness (QED) is 0.500. The van der Waals surface area contributed by atoms with Gasteiger partial charge in [0.15, 0.2) is 0 Å². The van der Waals surface area contributed by atoms with Gasteiger partial charge in [-0.25, -0.2) is 9.97 Å². The Morgan fingerprint density at radius 2 is 2.03 bits per heavy atom. The third-order valence-corrected chi connectivity index (χ3v) is 5.47. The third-order valence-electron chi connectivity index (χ3n) is 4.69. The van der Waals surface area contributed by atoms with Gasteiger partial charge in [0.1, 0.15) is 29.3 Å². The van der Waals surface area contributed by atoms with Crippen LogP contribution < -0.4 is 15.8 Å². The number of carbonyl (C=O) groups excluding carboxylic acids is 1. The molecule has 3 N–H and O–H groups in total. The van der Waals surface area contributed by atoms with Gasteiger partial charge in [0.05, 0.1) is 12.0 Å². The Balaban J connectivity index is 1.72. The van der Waals surface area contributed by atoms with Crippen molar-refractivity contribution >= 4 is 23.1 Å². The van der Waals surface area contributed by atoms with Crippen LogP contribution in [0.1, 0.15) is 37.8 Å². The molecule has 1 aromatic carbocycles. The molecule has 166 valence electrons. The van der Waals surface area contributed by atoms with Gasteiger partial charge < -0.3 is 15.8 Å². The highest BCUT2D eigenvalue weighted by molar-refractivity contribution is 7.09. The molecule has 2 aromatic heterocycles. The van der Waals surface area contributed by atoms with E-state index in [0.29, 0.717) is 29.7 Å². The summed E-state index contributed by atoms with van der Waals surface area (Å²) in [4.78, 5) is 20.6. The average molecular weight is 450 g/mol. The summed E-state index contributed by atoms with van der Waals surface area (Å²) in [5, 5.41) is 15.0. The molecule has 0 radical (unpaired) electrons. The van der Waals surface area contributed by atoms with E-state index in [-0.39, 0.29) is 12.3 Å². The van der Waals surface area contributed by atoms with Crippen molar-refractivity contribution in [1.29, 1.82) is 5.26 Å². The van der Waals surface area contributed by atoms with Crippen molar-refractivity contribution in [3.05, 3.63) is 58.7 Å². The summed E-state index contributed by atoms with van der Waals surface area (Å²) in [5.41, 5.74) is 7.93. The number of aromatic nitrogens is 2. The molecule has 0 saturated carbocycles. The number of anilines is 1. The molecular weight excluding hydrogens is 422 g/mol. The molecular formula is C24H27N5O2S. The van der Waals surface area contributed by atoms with Crippen molar-refractivity contribution in [3.63, 3.8) is 0 Å². The molecule has 0 saturated heterocycles. The normalized spacial score (nSPS) is 12.8. The number of amides is 1. The SMILES string of the molecule is CC(C)C[C@](C)(N)COc1ccc(-c2ccnc(NC(=O)Cc3nccs3)c2)cc1C#N. The first-order chi connectivity index (χ1) is 15.3. The smallest absolute Gasteiger partial charge is 0.232 e. The van der Waals surface area contributed by atoms with E-state index >= 15 is 0 Å². The Hall–Kier alpha value is -3.28. The molecule has 0 unspecified atom stereocenters. The zero-order valence-electron chi connectivity index (χ0n) is 18.5. The van der Waals surface area contributed by atoms with Crippen LogP contribution in [0, 0.1) is 17.2 Å². The number of nitriles is 1. The van der Waals surface area contributed by atoms with Gasteiger partial charge >= 0.3 is 0 Å². The maximum atomic E-state index is 12.2. The number of nitrogens with one attached hydrogen (secondary N) is 1. The van der Waals surface area contributed by atoms with Crippen LogP contribution >= 0.6 is 11.3 Å². The number of rotatable bonds is 9. The van der Waals surface area contributed by atoms with Crippen molar-refractivity contribution in [2.75, 3.05) is 11.9 Å². The van der Waals surface area contributed by atoms with Gasteiger partial charge in [-0.3, -0.25) is 4.79 Å². The van der Waals surface area contributed by atoms with Crippen molar-refractivity contribution < 1.29 is 9.53 Å².